The molecule has 0 spiro atoms. The van der Waals surface area contributed by atoms with Gasteiger partial charge in [-0.2, -0.15) is 0 Å². The fraction of sp³-hybridized carbons (Fsp3) is 0.667. The Hall–Kier alpha value is -0.820. The Morgan fingerprint density at radius 1 is 1.16 bits per heavy atom. The van der Waals surface area contributed by atoms with E-state index in [-0.39, 0.29) is 0 Å². The Bertz CT molecular complexity index is 387. The van der Waals surface area contributed by atoms with E-state index >= 15 is 0 Å². The van der Waals surface area contributed by atoms with Gasteiger partial charge in [-0.1, -0.05) is 62.9 Å². The highest BCUT2D eigenvalue weighted by atomic mass is 14.9. The van der Waals surface area contributed by atoms with Gasteiger partial charge in [0.15, 0.2) is 0 Å². The summed E-state index contributed by atoms with van der Waals surface area (Å²) in [4.78, 5) is 0. The van der Waals surface area contributed by atoms with E-state index in [4.69, 9.17) is 0 Å². The number of rotatable bonds is 6. The molecule has 2 fully saturated rings. The summed E-state index contributed by atoms with van der Waals surface area (Å²) in [5.41, 5.74) is 2.00. The third kappa shape index (κ3) is 2.72. The van der Waals surface area contributed by atoms with E-state index < -0.39 is 0 Å². The lowest BCUT2D eigenvalue weighted by atomic mass is 9.71. The normalized spacial score (nSPS) is 23.4. The molecule has 3 rings (SSSR count). The molecule has 0 aliphatic heterocycles. The average Bonchev–Trinajstić information content (AvgIpc) is 3.13. The predicted octanol–water partition coefficient (Wildman–Crippen LogP) is 4.28. The Morgan fingerprint density at radius 3 is 2.42 bits per heavy atom. The molecular formula is C18H27N. The van der Waals surface area contributed by atoms with Gasteiger partial charge >= 0.3 is 0 Å². The molecule has 0 bridgehead atoms. The minimum atomic E-state index is 0.417. The van der Waals surface area contributed by atoms with E-state index in [1.54, 1.807) is 5.56 Å². The van der Waals surface area contributed by atoms with Crippen molar-refractivity contribution in [2.75, 3.05) is 6.54 Å². The maximum Gasteiger partial charge on any atom is 0.0166 e. The highest BCUT2D eigenvalue weighted by Gasteiger charge is 2.44. The SMILES string of the molecule is CCNC(CC1CC1)C1(c2ccccc2)CCCC1. The molecule has 1 aromatic carbocycles. The van der Waals surface area contributed by atoms with Crippen LogP contribution in [-0.4, -0.2) is 12.6 Å². The van der Waals surface area contributed by atoms with Crippen molar-refractivity contribution < 1.29 is 0 Å². The van der Waals surface area contributed by atoms with Crippen LogP contribution in [0.2, 0.25) is 0 Å². The van der Waals surface area contributed by atoms with Gasteiger partial charge in [0, 0.05) is 11.5 Å². The quantitative estimate of drug-likeness (QED) is 0.802. The molecule has 0 saturated heterocycles. The van der Waals surface area contributed by atoms with Crippen LogP contribution >= 0.6 is 0 Å². The van der Waals surface area contributed by atoms with Crippen LogP contribution in [0.15, 0.2) is 30.3 Å². The van der Waals surface area contributed by atoms with Gasteiger partial charge in [0.05, 0.1) is 0 Å². The van der Waals surface area contributed by atoms with Crippen LogP contribution in [0, 0.1) is 5.92 Å². The van der Waals surface area contributed by atoms with Gasteiger partial charge in [-0.3, -0.25) is 0 Å². The topological polar surface area (TPSA) is 12.0 Å². The number of likely N-dealkylation sites (N-methyl/N-ethyl adjacent to an activating group) is 1. The van der Waals surface area contributed by atoms with Gasteiger partial charge in [0.1, 0.15) is 0 Å². The first-order chi connectivity index (χ1) is 9.35. The van der Waals surface area contributed by atoms with E-state index in [1.165, 1.54) is 44.9 Å². The molecule has 0 heterocycles. The summed E-state index contributed by atoms with van der Waals surface area (Å²) in [5, 5.41) is 3.84. The van der Waals surface area contributed by atoms with E-state index in [1.807, 2.05) is 0 Å². The zero-order chi connectivity index (χ0) is 13.1. The van der Waals surface area contributed by atoms with Crippen LogP contribution in [0.4, 0.5) is 0 Å². The van der Waals surface area contributed by atoms with Gasteiger partial charge < -0.3 is 5.32 Å². The van der Waals surface area contributed by atoms with Crippen LogP contribution in [-0.2, 0) is 5.41 Å². The first-order valence-electron chi connectivity index (χ1n) is 8.14. The van der Waals surface area contributed by atoms with E-state index in [9.17, 15) is 0 Å². The largest absolute Gasteiger partial charge is 0.313 e. The highest BCUT2D eigenvalue weighted by Crippen LogP contribution is 2.47. The first kappa shape index (κ1) is 13.2. The van der Waals surface area contributed by atoms with Crippen molar-refractivity contribution in [1.29, 1.82) is 0 Å². The smallest absolute Gasteiger partial charge is 0.0166 e. The highest BCUT2D eigenvalue weighted by molar-refractivity contribution is 5.29. The average molecular weight is 257 g/mol. The Morgan fingerprint density at radius 2 is 1.84 bits per heavy atom. The van der Waals surface area contributed by atoms with Crippen LogP contribution in [0.1, 0.15) is 57.4 Å². The third-order valence-electron chi connectivity index (χ3n) is 5.23. The lowest BCUT2D eigenvalue weighted by Gasteiger charge is -2.39. The fourth-order valence-corrected chi connectivity index (χ4v) is 4.05. The van der Waals surface area contributed by atoms with Crippen LogP contribution in [0.25, 0.3) is 0 Å². The van der Waals surface area contributed by atoms with Crippen molar-refractivity contribution >= 4 is 0 Å². The first-order valence-corrected chi connectivity index (χ1v) is 8.14. The second-order valence-electron chi connectivity index (χ2n) is 6.52. The summed E-state index contributed by atoms with van der Waals surface area (Å²) in [6.07, 6.45) is 9.88. The predicted molar refractivity (Wildman–Crippen MR) is 81.4 cm³/mol. The summed E-state index contributed by atoms with van der Waals surface area (Å²) in [6.45, 7) is 3.36. The molecule has 1 nitrogen and oxygen atoms in total. The second kappa shape index (κ2) is 5.66. The fourth-order valence-electron chi connectivity index (χ4n) is 4.05. The van der Waals surface area contributed by atoms with Crippen molar-refractivity contribution in [2.45, 2.75) is 63.3 Å². The molecule has 19 heavy (non-hydrogen) atoms. The van der Waals surface area contributed by atoms with Gasteiger partial charge in [-0.25, -0.2) is 0 Å². The molecule has 0 amide bonds. The summed E-state index contributed by atoms with van der Waals surface area (Å²) >= 11 is 0. The minimum Gasteiger partial charge on any atom is -0.313 e. The maximum atomic E-state index is 3.84. The van der Waals surface area contributed by atoms with Gasteiger partial charge in [0.25, 0.3) is 0 Å². The molecule has 1 atom stereocenters. The zero-order valence-electron chi connectivity index (χ0n) is 12.2. The molecule has 1 N–H and O–H groups in total. The summed E-state index contributed by atoms with van der Waals surface area (Å²) < 4.78 is 0. The minimum absolute atomic E-state index is 0.417. The summed E-state index contributed by atoms with van der Waals surface area (Å²) in [5.74, 6) is 1.00. The molecular weight excluding hydrogens is 230 g/mol. The van der Waals surface area contributed by atoms with Gasteiger partial charge in [0.2, 0.25) is 0 Å². The molecule has 104 valence electrons. The van der Waals surface area contributed by atoms with E-state index in [0.29, 0.717) is 11.5 Å². The van der Waals surface area contributed by atoms with Crippen LogP contribution in [0.3, 0.4) is 0 Å². The maximum absolute atomic E-state index is 3.84. The van der Waals surface area contributed by atoms with Gasteiger partial charge in [-0.05, 0) is 37.3 Å². The van der Waals surface area contributed by atoms with Crippen molar-refractivity contribution in [3.63, 3.8) is 0 Å². The zero-order valence-corrected chi connectivity index (χ0v) is 12.2. The lowest BCUT2D eigenvalue weighted by molar-refractivity contribution is 0.275. The molecule has 1 aromatic rings. The number of hydrogen-bond donors (Lipinski definition) is 1. The van der Waals surface area contributed by atoms with E-state index in [2.05, 4.69) is 42.6 Å². The summed E-state index contributed by atoms with van der Waals surface area (Å²) in [6, 6.07) is 12.0. The van der Waals surface area contributed by atoms with Crippen molar-refractivity contribution in [3.05, 3.63) is 35.9 Å². The standard InChI is InChI=1S/C18H27N/c1-2-19-17(14-15-10-11-15)18(12-6-7-13-18)16-8-4-3-5-9-16/h3-5,8-9,15,17,19H,2,6-7,10-14H2,1H3. The molecule has 2 saturated carbocycles. The number of benzene rings is 1. The van der Waals surface area contributed by atoms with Crippen LogP contribution < -0.4 is 5.32 Å². The summed E-state index contributed by atoms with van der Waals surface area (Å²) in [7, 11) is 0. The lowest BCUT2D eigenvalue weighted by Crippen LogP contribution is -2.47. The molecule has 2 aliphatic rings. The van der Waals surface area contributed by atoms with Crippen molar-refractivity contribution in [1.82, 2.24) is 5.32 Å². The Kier molecular flexibility index (Phi) is 3.93. The molecule has 1 heteroatoms. The second-order valence-corrected chi connectivity index (χ2v) is 6.52. The van der Waals surface area contributed by atoms with E-state index in [0.717, 1.165) is 12.5 Å². The Labute approximate surface area is 117 Å². The number of hydrogen-bond acceptors (Lipinski definition) is 1. The van der Waals surface area contributed by atoms with Gasteiger partial charge in [-0.15, -0.1) is 0 Å². The molecule has 0 radical (unpaired) electrons. The third-order valence-corrected chi connectivity index (χ3v) is 5.23. The monoisotopic (exact) mass is 257 g/mol. The van der Waals surface area contributed by atoms with Crippen LogP contribution in [0.5, 0.6) is 0 Å². The molecule has 0 aromatic heterocycles. The number of nitrogens with one attached hydrogen (secondary N) is 1. The molecule has 1 unspecified atom stereocenters. The molecule has 2 aliphatic carbocycles. The Balaban J connectivity index is 1.88. The van der Waals surface area contributed by atoms with Crippen molar-refractivity contribution in [2.24, 2.45) is 5.92 Å². The van der Waals surface area contributed by atoms with Crippen molar-refractivity contribution in [3.8, 4) is 0 Å².